The van der Waals surface area contributed by atoms with Crippen molar-refractivity contribution in [3.63, 3.8) is 0 Å². The van der Waals surface area contributed by atoms with Gasteiger partial charge in [0, 0.05) is 5.56 Å². The SMILES string of the molecule is CCOc1ccc(/C=N\NC(=O)[C@H](NC(=O)c2ccc3c(c2)OCO3)C(C)C)cc1. The van der Waals surface area contributed by atoms with Gasteiger partial charge in [0.05, 0.1) is 12.8 Å². The van der Waals surface area contributed by atoms with Crippen molar-refractivity contribution < 1.29 is 23.8 Å². The van der Waals surface area contributed by atoms with Gasteiger partial charge in [-0.1, -0.05) is 13.8 Å². The summed E-state index contributed by atoms with van der Waals surface area (Å²) < 4.78 is 15.9. The van der Waals surface area contributed by atoms with E-state index in [1.54, 1.807) is 18.2 Å². The van der Waals surface area contributed by atoms with Gasteiger partial charge in [0.2, 0.25) is 6.79 Å². The van der Waals surface area contributed by atoms with Crippen LogP contribution in [0.3, 0.4) is 0 Å². The molecule has 1 aliphatic heterocycles. The fourth-order valence-corrected chi connectivity index (χ4v) is 2.85. The Morgan fingerprint density at radius 2 is 1.87 bits per heavy atom. The Balaban J connectivity index is 1.59. The number of ether oxygens (including phenoxy) is 3. The van der Waals surface area contributed by atoms with E-state index in [1.165, 1.54) is 6.21 Å². The number of carbonyl (C=O) groups excluding carboxylic acids is 2. The van der Waals surface area contributed by atoms with Crippen LogP contribution in [0.1, 0.15) is 36.7 Å². The van der Waals surface area contributed by atoms with E-state index in [4.69, 9.17) is 14.2 Å². The highest BCUT2D eigenvalue weighted by Crippen LogP contribution is 2.32. The van der Waals surface area contributed by atoms with Crippen LogP contribution in [0.2, 0.25) is 0 Å². The first kappa shape index (κ1) is 21.2. The van der Waals surface area contributed by atoms with Gasteiger partial charge in [-0.25, -0.2) is 5.43 Å². The summed E-state index contributed by atoms with van der Waals surface area (Å²) in [5.74, 6) is 0.953. The molecule has 8 heteroatoms. The van der Waals surface area contributed by atoms with Gasteiger partial charge in [-0.2, -0.15) is 5.10 Å². The number of hydrogen-bond acceptors (Lipinski definition) is 6. The summed E-state index contributed by atoms with van der Waals surface area (Å²) in [4.78, 5) is 25.2. The Hall–Kier alpha value is -3.55. The molecule has 2 aromatic rings. The van der Waals surface area contributed by atoms with E-state index >= 15 is 0 Å². The van der Waals surface area contributed by atoms with E-state index in [2.05, 4.69) is 15.8 Å². The van der Waals surface area contributed by atoms with Gasteiger partial charge in [0.25, 0.3) is 11.8 Å². The number of benzene rings is 2. The molecule has 0 aliphatic carbocycles. The van der Waals surface area contributed by atoms with Crippen LogP contribution >= 0.6 is 0 Å². The summed E-state index contributed by atoms with van der Waals surface area (Å²) in [6, 6.07) is 11.5. The molecule has 0 bridgehead atoms. The minimum Gasteiger partial charge on any atom is -0.494 e. The maximum absolute atomic E-state index is 12.6. The van der Waals surface area contributed by atoms with Crippen molar-refractivity contribution in [2.24, 2.45) is 11.0 Å². The molecule has 1 atom stereocenters. The number of rotatable bonds is 8. The average molecular weight is 411 g/mol. The van der Waals surface area contributed by atoms with Gasteiger partial charge >= 0.3 is 0 Å². The van der Waals surface area contributed by atoms with Gasteiger partial charge in [-0.15, -0.1) is 0 Å². The minimum absolute atomic E-state index is 0.129. The lowest BCUT2D eigenvalue weighted by Crippen LogP contribution is -2.48. The van der Waals surface area contributed by atoms with Crippen LogP contribution in [0.5, 0.6) is 17.2 Å². The number of hydrazone groups is 1. The molecule has 2 N–H and O–H groups in total. The van der Waals surface area contributed by atoms with Crippen LogP contribution in [-0.2, 0) is 4.79 Å². The maximum Gasteiger partial charge on any atom is 0.262 e. The topological polar surface area (TPSA) is 98.2 Å². The second-order valence-corrected chi connectivity index (χ2v) is 7.00. The first-order valence-corrected chi connectivity index (χ1v) is 9.74. The predicted molar refractivity (Wildman–Crippen MR) is 112 cm³/mol. The van der Waals surface area contributed by atoms with Crippen LogP contribution in [0.25, 0.3) is 0 Å². The molecule has 0 spiro atoms. The van der Waals surface area contributed by atoms with E-state index in [0.717, 1.165) is 11.3 Å². The number of hydrogen-bond donors (Lipinski definition) is 2. The highest BCUT2D eigenvalue weighted by atomic mass is 16.7. The smallest absolute Gasteiger partial charge is 0.262 e. The van der Waals surface area contributed by atoms with E-state index in [0.29, 0.717) is 23.7 Å². The second-order valence-electron chi connectivity index (χ2n) is 7.00. The monoisotopic (exact) mass is 411 g/mol. The molecule has 0 saturated heterocycles. The normalized spacial score (nSPS) is 13.3. The first-order chi connectivity index (χ1) is 14.5. The summed E-state index contributed by atoms with van der Waals surface area (Å²) in [7, 11) is 0. The molecule has 3 rings (SSSR count). The Morgan fingerprint density at radius 1 is 1.13 bits per heavy atom. The summed E-state index contributed by atoms with van der Waals surface area (Å²) in [6.45, 7) is 6.34. The summed E-state index contributed by atoms with van der Waals surface area (Å²) in [5.41, 5.74) is 3.68. The molecule has 2 amide bonds. The number of nitrogens with one attached hydrogen (secondary N) is 2. The summed E-state index contributed by atoms with van der Waals surface area (Å²) in [6.07, 6.45) is 1.53. The third-order valence-electron chi connectivity index (χ3n) is 4.45. The Morgan fingerprint density at radius 3 is 2.57 bits per heavy atom. The zero-order chi connectivity index (χ0) is 21.5. The molecule has 0 saturated carbocycles. The van der Waals surface area contributed by atoms with E-state index in [1.807, 2.05) is 45.0 Å². The third-order valence-corrected chi connectivity index (χ3v) is 4.45. The fraction of sp³-hybridized carbons (Fsp3) is 0.318. The second kappa shape index (κ2) is 9.78. The van der Waals surface area contributed by atoms with Gasteiger partial charge < -0.3 is 19.5 Å². The first-order valence-electron chi connectivity index (χ1n) is 9.74. The Kier molecular flexibility index (Phi) is 6.90. The van der Waals surface area contributed by atoms with E-state index < -0.39 is 11.9 Å². The van der Waals surface area contributed by atoms with Crippen molar-refractivity contribution in [1.29, 1.82) is 0 Å². The van der Waals surface area contributed by atoms with Gasteiger partial charge in [-0.05, 0) is 60.9 Å². The van der Waals surface area contributed by atoms with Crippen molar-refractivity contribution in [3.8, 4) is 17.2 Å². The molecule has 0 radical (unpaired) electrons. The number of fused-ring (bicyclic) bond motifs is 1. The molecule has 0 aromatic heterocycles. The quantitative estimate of drug-likeness (QED) is 0.514. The largest absolute Gasteiger partial charge is 0.494 e. The van der Waals surface area contributed by atoms with Crippen LogP contribution in [0, 0.1) is 5.92 Å². The fourth-order valence-electron chi connectivity index (χ4n) is 2.85. The van der Waals surface area contributed by atoms with Crippen molar-refractivity contribution in [1.82, 2.24) is 10.7 Å². The van der Waals surface area contributed by atoms with Crippen LogP contribution in [0.4, 0.5) is 0 Å². The molecule has 30 heavy (non-hydrogen) atoms. The van der Waals surface area contributed by atoms with Gasteiger partial charge in [0.1, 0.15) is 11.8 Å². The van der Waals surface area contributed by atoms with Crippen molar-refractivity contribution in [2.45, 2.75) is 26.8 Å². The maximum atomic E-state index is 12.6. The van der Waals surface area contributed by atoms with Gasteiger partial charge in [-0.3, -0.25) is 9.59 Å². The zero-order valence-corrected chi connectivity index (χ0v) is 17.2. The van der Waals surface area contributed by atoms with Crippen LogP contribution in [0.15, 0.2) is 47.6 Å². The average Bonchev–Trinajstić information content (AvgIpc) is 3.21. The molecule has 1 heterocycles. The molecule has 1 aliphatic rings. The Bertz CT molecular complexity index is 925. The molecular weight excluding hydrogens is 386 g/mol. The zero-order valence-electron chi connectivity index (χ0n) is 17.2. The highest BCUT2D eigenvalue weighted by molar-refractivity contribution is 5.98. The third kappa shape index (κ3) is 5.28. The van der Waals surface area contributed by atoms with Crippen molar-refractivity contribution in [2.75, 3.05) is 13.4 Å². The lowest BCUT2D eigenvalue weighted by atomic mass is 10.0. The van der Waals surface area contributed by atoms with E-state index in [9.17, 15) is 9.59 Å². The Labute approximate surface area is 175 Å². The molecule has 0 unspecified atom stereocenters. The van der Waals surface area contributed by atoms with Crippen LogP contribution in [-0.4, -0.2) is 37.5 Å². The number of amides is 2. The highest BCUT2D eigenvalue weighted by Gasteiger charge is 2.25. The van der Waals surface area contributed by atoms with Gasteiger partial charge in [0.15, 0.2) is 11.5 Å². The number of carbonyl (C=O) groups is 2. The summed E-state index contributed by atoms with van der Waals surface area (Å²) >= 11 is 0. The predicted octanol–water partition coefficient (Wildman–Crippen LogP) is 2.72. The lowest BCUT2D eigenvalue weighted by Gasteiger charge is -2.20. The number of nitrogens with zero attached hydrogens (tertiary/aromatic N) is 1. The molecule has 2 aromatic carbocycles. The van der Waals surface area contributed by atoms with Crippen molar-refractivity contribution in [3.05, 3.63) is 53.6 Å². The molecular formula is C22H25N3O5. The van der Waals surface area contributed by atoms with Crippen LogP contribution < -0.4 is 25.0 Å². The molecule has 8 nitrogen and oxygen atoms in total. The van der Waals surface area contributed by atoms with E-state index in [-0.39, 0.29) is 18.6 Å². The minimum atomic E-state index is -0.750. The van der Waals surface area contributed by atoms with Crippen molar-refractivity contribution >= 4 is 18.0 Å². The molecule has 0 fully saturated rings. The standard InChI is InChI=1S/C22H25N3O5/c1-4-28-17-8-5-15(6-9-17)12-23-25-22(27)20(14(2)3)24-21(26)16-7-10-18-19(11-16)30-13-29-18/h5-12,14,20H,4,13H2,1-3H3,(H,24,26)(H,25,27)/b23-12-/t20-/m1/s1. The summed E-state index contributed by atoms with van der Waals surface area (Å²) in [5, 5.41) is 6.75. The molecule has 158 valence electrons. The lowest BCUT2D eigenvalue weighted by molar-refractivity contribution is -0.123.